The van der Waals surface area contributed by atoms with E-state index in [0.717, 1.165) is 19.3 Å². The predicted molar refractivity (Wildman–Crippen MR) is 126 cm³/mol. The first-order chi connectivity index (χ1) is 16.0. The second kappa shape index (κ2) is 10.3. The molecule has 0 bridgehead atoms. The number of sulfonamides is 1. The van der Waals surface area contributed by atoms with Crippen molar-refractivity contribution in [2.75, 3.05) is 11.9 Å². The molecule has 0 aliphatic carbocycles. The minimum absolute atomic E-state index is 0.115. The van der Waals surface area contributed by atoms with Gasteiger partial charge in [-0.1, -0.05) is 6.42 Å². The Balaban J connectivity index is 1.37. The van der Waals surface area contributed by atoms with Gasteiger partial charge in [-0.25, -0.2) is 8.42 Å². The van der Waals surface area contributed by atoms with E-state index < -0.39 is 10.0 Å². The van der Waals surface area contributed by atoms with E-state index in [4.69, 9.17) is 4.74 Å². The molecule has 8 nitrogen and oxygen atoms in total. The molecule has 1 amide bonds. The van der Waals surface area contributed by atoms with Crippen molar-refractivity contribution in [3.05, 3.63) is 78.6 Å². The summed E-state index contributed by atoms with van der Waals surface area (Å²) in [5.41, 5.74) is 0.930. The molecule has 170 valence electrons. The molecule has 1 aromatic heterocycles. The number of amidine groups is 1. The van der Waals surface area contributed by atoms with E-state index in [0.29, 0.717) is 41.6 Å². The number of ether oxygens (including phenoxy) is 1. The van der Waals surface area contributed by atoms with E-state index in [9.17, 15) is 13.2 Å². The summed E-state index contributed by atoms with van der Waals surface area (Å²) in [7, 11) is -3.72. The lowest BCUT2D eigenvalue weighted by Crippen LogP contribution is -2.30. The molecule has 2 heterocycles. The number of benzene rings is 2. The number of carbonyl (C=O) groups is 1. The lowest BCUT2D eigenvalue weighted by Gasteiger charge is -2.11. The van der Waals surface area contributed by atoms with Crippen molar-refractivity contribution in [3.63, 3.8) is 0 Å². The number of aliphatic imine (C=N–C) groups is 1. The van der Waals surface area contributed by atoms with Crippen molar-refractivity contribution < 1.29 is 17.9 Å². The van der Waals surface area contributed by atoms with Gasteiger partial charge in [-0.3, -0.25) is 19.5 Å². The van der Waals surface area contributed by atoms with Crippen molar-refractivity contribution in [1.29, 1.82) is 0 Å². The maximum atomic E-state index is 12.6. The molecule has 2 N–H and O–H groups in total. The SMILES string of the molecule is O=C(Nc1ccc(S(=O)(=O)NC2=NCCCCC2)cc1)c1ccc(Oc2cccnc2)cc1. The van der Waals surface area contributed by atoms with Crippen LogP contribution in [0.15, 0.2) is 82.9 Å². The Hall–Kier alpha value is -3.72. The van der Waals surface area contributed by atoms with Crippen LogP contribution in [0.5, 0.6) is 11.5 Å². The lowest BCUT2D eigenvalue weighted by molar-refractivity contribution is 0.102. The molecule has 1 aliphatic rings. The molecule has 4 rings (SSSR count). The summed E-state index contributed by atoms with van der Waals surface area (Å²) >= 11 is 0. The van der Waals surface area contributed by atoms with Crippen LogP contribution in [0.4, 0.5) is 5.69 Å². The molecule has 0 fully saturated rings. The summed E-state index contributed by atoms with van der Waals surface area (Å²) in [5.74, 6) is 1.37. The van der Waals surface area contributed by atoms with Gasteiger partial charge >= 0.3 is 0 Å². The Kier molecular flexibility index (Phi) is 6.99. The predicted octanol–water partition coefficient (Wildman–Crippen LogP) is 4.38. The summed E-state index contributed by atoms with van der Waals surface area (Å²) < 4.78 is 33.5. The zero-order chi connectivity index (χ0) is 23.1. The molecule has 9 heteroatoms. The molecule has 0 saturated carbocycles. The molecular formula is C24H24N4O4S. The third kappa shape index (κ3) is 6.17. The third-order valence-electron chi connectivity index (χ3n) is 5.04. The number of nitrogens with one attached hydrogen (secondary N) is 2. The van der Waals surface area contributed by atoms with Gasteiger partial charge in [-0.2, -0.15) is 0 Å². The Bertz CT molecular complexity index is 1230. The number of amides is 1. The number of anilines is 1. The number of rotatable bonds is 6. The number of hydrogen-bond donors (Lipinski definition) is 2. The fraction of sp³-hybridized carbons (Fsp3) is 0.208. The van der Waals surface area contributed by atoms with E-state index in [-0.39, 0.29) is 10.8 Å². The first kappa shape index (κ1) is 22.5. The molecule has 0 radical (unpaired) electrons. The highest BCUT2D eigenvalue weighted by Crippen LogP contribution is 2.21. The highest BCUT2D eigenvalue weighted by atomic mass is 32.2. The van der Waals surface area contributed by atoms with Crippen molar-refractivity contribution in [3.8, 4) is 11.5 Å². The zero-order valence-electron chi connectivity index (χ0n) is 17.9. The van der Waals surface area contributed by atoms with Crippen LogP contribution >= 0.6 is 0 Å². The van der Waals surface area contributed by atoms with Crippen LogP contribution in [-0.2, 0) is 10.0 Å². The summed E-state index contributed by atoms with van der Waals surface area (Å²) in [6, 6.07) is 16.3. The molecule has 33 heavy (non-hydrogen) atoms. The number of aromatic nitrogens is 1. The Morgan fingerprint density at radius 3 is 2.42 bits per heavy atom. The molecule has 0 atom stereocenters. The van der Waals surface area contributed by atoms with Gasteiger partial charge in [0.1, 0.15) is 17.3 Å². The molecule has 1 aliphatic heterocycles. The Morgan fingerprint density at radius 2 is 1.70 bits per heavy atom. The first-order valence-corrected chi connectivity index (χ1v) is 12.1. The summed E-state index contributed by atoms with van der Waals surface area (Å²) in [6.07, 6.45) is 6.82. The van der Waals surface area contributed by atoms with Crippen molar-refractivity contribution in [2.24, 2.45) is 4.99 Å². The van der Waals surface area contributed by atoms with Gasteiger partial charge in [0.15, 0.2) is 0 Å². The Morgan fingerprint density at radius 1 is 0.909 bits per heavy atom. The lowest BCUT2D eigenvalue weighted by atomic mass is 10.2. The van der Waals surface area contributed by atoms with Gasteiger partial charge in [0.2, 0.25) is 0 Å². The summed E-state index contributed by atoms with van der Waals surface area (Å²) in [6.45, 7) is 0.638. The smallest absolute Gasteiger partial charge is 0.262 e. The zero-order valence-corrected chi connectivity index (χ0v) is 18.7. The average Bonchev–Trinajstić information content (AvgIpc) is 3.09. The van der Waals surface area contributed by atoms with Gasteiger partial charge in [-0.05, 0) is 73.5 Å². The second-order valence-electron chi connectivity index (χ2n) is 7.54. The van der Waals surface area contributed by atoms with Gasteiger partial charge in [-0.15, -0.1) is 0 Å². The van der Waals surface area contributed by atoms with Crippen molar-refractivity contribution >= 4 is 27.5 Å². The van der Waals surface area contributed by atoms with Gasteiger partial charge in [0, 0.05) is 30.4 Å². The Labute approximate surface area is 192 Å². The molecule has 2 aromatic carbocycles. The highest BCUT2D eigenvalue weighted by Gasteiger charge is 2.17. The van der Waals surface area contributed by atoms with Gasteiger partial charge in [0.25, 0.3) is 15.9 Å². The van der Waals surface area contributed by atoms with Gasteiger partial charge < -0.3 is 10.1 Å². The molecule has 3 aromatic rings. The average molecular weight is 465 g/mol. The van der Waals surface area contributed by atoms with E-state index >= 15 is 0 Å². The standard InChI is InChI=1S/C24H24N4O4S/c29-24(18-7-11-20(12-8-18)32-21-5-4-15-25-17-21)27-19-9-13-22(14-10-19)33(30,31)28-23-6-2-1-3-16-26-23/h4-5,7-15,17H,1-3,6,16H2,(H,26,28)(H,27,29). The number of carbonyl (C=O) groups excluding carboxylic acids is 1. The largest absolute Gasteiger partial charge is 0.456 e. The summed E-state index contributed by atoms with van der Waals surface area (Å²) in [5, 5.41) is 2.77. The quantitative estimate of drug-likeness (QED) is 0.563. The van der Waals surface area contributed by atoms with E-state index in [1.54, 1.807) is 60.9 Å². The monoisotopic (exact) mass is 464 g/mol. The van der Waals surface area contributed by atoms with Crippen LogP contribution in [0.2, 0.25) is 0 Å². The number of nitrogens with zero attached hydrogens (tertiary/aromatic N) is 2. The van der Waals surface area contributed by atoms with E-state index in [2.05, 4.69) is 20.0 Å². The number of hydrogen-bond acceptors (Lipinski definition) is 6. The van der Waals surface area contributed by atoms with Crippen LogP contribution in [-0.4, -0.2) is 31.7 Å². The summed E-state index contributed by atoms with van der Waals surface area (Å²) in [4.78, 5) is 21.0. The maximum absolute atomic E-state index is 12.6. The van der Waals surface area contributed by atoms with Crippen molar-refractivity contribution in [2.45, 2.75) is 30.6 Å². The van der Waals surface area contributed by atoms with Crippen LogP contribution in [0.3, 0.4) is 0 Å². The van der Waals surface area contributed by atoms with Crippen molar-refractivity contribution in [1.82, 2.24) is 9.71 Å². The molecule has 0 unspecified atom stereocenters. The highest BCUT2D eigenvalue weighted by molar-refractivity contribution is 7.90. The third-order valence-corrected chi connectivity index (χ3v) is 6.43. The van der Waals surface area contributed by atoms with Gasteiger partial charge in [0.05, 0.1) is 11.1 Å². The topological polar surface area (TPSA) is 110 Å². The fourth-order valence-corrected chi connectivity index (χ4v) is 4.40. The normalized spacial score (nSPS) is 14.0. The number of pyridine rings is 1. The van der Waals surface area contributed by atoms with Crippen LogP contribution in [0, 0.1) is 0 Å². The maximum Gasteiger partial charge on any atom is 0.262 e. The van der Waals surface area contributed by atoms with E-state index in [1.165, 1.54) is 12.1 Å². The molecular weight excluding hydrogens is 440 g/mol. The van der Waals surface area contributed by atoms with Crippen LogP contribution in [0.1, 0.15) is 36.0 Å². The van der Waals surface area contributed by atoms with Crippen LogP contribution in [0.25, 0.3) is 0 Å². The minimum Gasteiger partial charge on any atom is -0.456 e. The molecule has 0 saturated heterocycles. The van der Waals surface area contributed by atoms with Crippen LogP contribution < -0.4 is 14.8 Å². The molecule has 0 spiro atoms. The first-order valence-electron chi connectivity index (χ1n) is 10.7. The minimum atomic E-state index is -3.72. The fourth-order valence-electron chi connectivity index (χ4n) is 3.31. The second-order valence-corrected chi connectivity index (χ2v) is 9.22. The van der Waals surface area contributed by atoms with E-state index in [1.807, 2.05) is 0 Å².